The Morgan fingerprint density at radius 3 is 2.12 bits per heavy atom. The van der Waals surface area contributed by atoms with Gasteiger partial charge in [0.25, 0.3) is 0 Å². The Morgan fingerprint density at radius 2 is 1.54 bits per heavy atom. The zero-order chi connectivity index (χ0) is 17.6. The summed E-state index contributed by atoms with van der Waals surface area (Å²) in [5, 5.41) is 9.72. The highest BCUT2D eigenvalue weighted by Gasteiger charge is 2.16. The maximum absolute atomic E-state index is 12.1. The highest BCUT2D eigenvalue weighted by atomic mass is 16.5. The summed E-state index contributed by atoms with van der Waals surface area (Å²) in [7, 11) is 0. The van der Waals surface area contributed by atoms with Crippen molar-refractivity contribution in [3.05, 3.63) is 29.8 Å². The molecule has 3 heteroatoms. The van der Waals surface area contributed by atoms with E-state index in [1.807, 2.05) is 6.92 Å². The van der Waals surface area contributed by atoms with Crippen molar-refractivity contribution < 1.29 is 14.6 Å². The van der Waals surface area contributed by atoms with Gasteiger partial charge in [-0.2, -0.15) is 0 Å². The number of hydrogen-bond acceptors (Lipinski definition) is 3. The van der Waals surface area contributed by atoms with Gasteiger partial charge in [0, 0.05) is 0 Å². The minimum absolute atomic E-state index is 0.0135. The molecule has 0 saturated heterocycles. The first-order valence-corrected chi connectivity index (χ1v) is 9.68. The van der Waals surface area contributed by atoms with Crippen molar-refractivity contribution >= 4 is 5.97 Å². The van der Waals surface area contributed by atoms with E-state index in [0.29, 0.717) is 0 Å². The average molecular weight is 334 g/mol. The summed E-state index contributed by atoms with van der Waals surface area (Å²) >= 11 is 0. The number of esters is 1. The Morgan fingerprint density at radius 1 is 0.958 bits per heavy atom. The topological polar surface area (TPSA) is 46.5 Å². The summed E-state index contributed by atoms with van der Waals surface area (Å²) in [5.41, 5.74) is 0.253. The number of aromatic hydroxyl groups is 1. The molecule has 0 spiro atoms. The largest absolute Gasteiger partial charge is 0.507 e. The molecule has 1 aromatic rings. The van der Waals surface area contributed by atoms with E-state index in [2.05, 4.69) is 6.92 Å². The zero-order valence-electron chi connectivity index (χ0n) is 15.4. The predicted octanol–water partition coefficient (Wildman–Crippen LogP) is 6.25. The summed E-state index contributed by atoms with van der Waals surface area (Å²) in [4.78, 5) is 12.1. The van der Waals surface area contributed by atoms with E-state index in [-0.39, 0.29) is 17.4 Å². The Hall–Kier alpha value is -1.51. The van der Waals surface area contributed by atoms with Gasteiger partial charge in [0.15, 0.2) is 0 Å². The maximum atomic E-state index is 12.1. The van der Waals surface area contributed by atoms with Crippen LogP contribution in [0, 0.1) is 0 Å². The molecule has 0 aromatic heterocycles. The van der Waals surface area contributed by atoms with Crippen molar-refractivity contribution in [2.45, 2.75) is 90.6 Å². The zero-order valence-corrected chi connectivity index (χ0v) is 15.4. The van der Waals surface area contributed by atoms with Crippen molar-refractivity contribution in [2.75, 3.05) is 0 Å². The van der Waals surface area contributed by atoms with Gasteiger partial charge in [0.05, 0.1) is 0 Å². The molecule has 0 saturated carbocycles. The molecule has 1 unspecified atom stereocenters. The quantitative estimate of drug-likeness (QED) is 0.342. The van der Waals surface area contributed by atoms with Crippen LogP contribution in [0.15, 0.2) is 24.3 Å². The minimum Gasteiger partial charge on any atom is -0.507 e. The molecule has 0 aliphatic heterocycles. The number of phenols is 1. The number of ether oxygens (including phenoxy) is 1. The number of carbonyl (C=O) groups excluding carboxylic acids is 1. The highest BCUT2D eigenvalue weighted by molar-refractivity contribution is 5.92. The van der Waals surface area contributed by atoms with E-state index < -0.39 is 5.97 Å². The smallest absolute Gasteiger partial charge is 0.342 e. The van der Waals surface area contributed by atoms with Crippen LogP contribution in [0.3, 0.4) is 0 Å². The number of hydrogen-bond donors (Lipinski definition) is 1. The molecule has 3 nitrogen and oxygen atoms in total. The molecule has 0 fully saturated rings. The van der Waals surface area contributed by atoms with Gasteiger partial charge < -0.3 is 9.84 Å². The molecule has 1 aromatic carbocycles. The molecule has 136 valence electrons. The van der Waals surface area contributed by atoms with Crippen LogP contribution in [0.5, 0.6) is 5.75 Å². The van der Waals surface area contributed by atoms with Crippen LogP contribution >= 0.6 is 0 Å². The van der Waals surface area contributed by atoms with Crippen LogP contribution in [-0.2, 0) is 4.74 Å². The highest BCUT2D eigenvalue weighted by Crippen LogP contribution is 2.20. The lowest BCUT2D eigenvalue weighted by atomic mass is 10.0. The Bertz CT molecular complexity index is 456. The molecule has 0 amide bonds. The normalized spacial score (nSPS) is 12.1. The summed E-state index contributed by atoms with van der Waals surface area (Å²) in [5.74, 6) is -0.434. The van der Waals surface area contributed by atoms with E-state index in [4.69, 9.17) is 4.74 Å². The van der Waals surface area contributed by atoms with Crippen LogP contribution in [-0.4, -0.2) is 17.2 Å². The molecular formula is C21H34O3. The predicted molar refractivity (Wildman–Crippen MR) is 99.4 cm³/mol. The first-order chi connectivity index (χ1) is 11.7. The van der Waals surface area contributed by atoms with Crippen LogP contribution in [0.25, 0.3) is 0 Å². The van der Waals surface area contributed by atoms with Crippen LogP contribution in [0.4, 0.5) is 0 Å². The fraction of sp³-hybridized carbons (Fsp3) is 0.667. The van der Waals surface area contributed by atoms with Crippen molar-refractivity contribution in [3.63, 3.8) is 0 Å². The third-order valence-corrected chi connectivity index (χ3v) is 4.48. The number of carbonyl (C=O) groups is 1. The molecule has 0 heterocycles. The van der Waals surface area contributed by atoms with Crippen molar-refractivity contribution in [1.29, 1.82) is 0 Å². The maximum Gasteiger partial charge on any atom is 0.342 e. The molecule has 0 radical (unpaired) electrons. The second-order valence-electron chi connectivity index (χ2n) is 6.57. The molecule has 0 aliphatic carbocycles. The Labute approximate surface area is 147 Å². The van der Waals surface area contributed by atoms with E-state index in [9.17, 15) is 9.90 Å². The lowest BCUT2D eigenvalue weighted by molar-refractivity contribution is 0.0264. The van der Waals surface area contributed by atoms with E-state index >= 15 is 0 Å². The molecule has 1 atom stereocenters. The molecule has 1 N–H and O–H groups in total. The van der Waals surface area contributed by atoms with Gasteiger partial charge >= 0.3 is 5.97 Å². The average Bonchev–Trinajstić information content (AvgIpc) is 2.59. The van der Waals surface area contributed by atoms with Crippen LogP contribution < -0.4 is 0 Å². The van der Waals surface area contributed by atoms with Crippen molar-refractivity contribution in [1.82, 2.24) is 0 Å². The van der Waals surface area contributed by atoms with E-state index in [1.54, 1.807) is 18.2 Å². The number of benzene rings is 1. The molecule has 24 heavy (non-hydrogen) atoms. The number of unbranched alkanes of at least 4 members (excludes halogenated alkanes) is 8. The van der Waals surface area contributed by atoms with Gasteiger partial charge in [-0.05, 0) is 31.4 Å². The minimum atomic E-state index is -0.420. The van der Waals surface area contributed by atoms with E-state index in [1.165, 1.54) is 57.4 Å². The second kappa shape index (κ2) is 12.9. The first kappa shape index (κ1) is 20.5. The van der Waals surface area contributed by atoms with E-state index in [0.717, 1.165) is 19.3 Å². The monoisotopic (exact) mass is 334 g/mol. The second-order valence-corrected chi connectivity index (χ2v) is 6.57. The van der Waals surface area contributed by atoms with Gasteiger partial charge in [0.2, 0.25) is 0 Å². The standard InChI is InChI=1S/C21H34O3/c1-3-5-6-7-8-9-10-11-12-15-18(4-2)24-21(23)19-16-13-14-17-20(19)22/h13-14,16-18,22H,3-12,15H2,1-2H3. The van der Waals surface area contributed by atoms with Crippen LogP contribution in [0.1, 0.15) is 94.8 Å². The van der Waals surface area contributed by atoms with Gasteiger partial charge in [-0.25, -0.2) is 4.79 Å². The SMILES string of the molecule is CCCCCCCCCCCC(CC)OC(=O)c1ccccc1O. The van der Waals surface area contributed by atoms with Gasteiger partial charge in [0.1, 0.15) is 17.4 Å². The molecular weight excluding hydrogens is 300 g/mol. The van der Waals surface area contributed by atoms with Crippen molar-refractivity contribution in [3.8, 4) is 5.75 Å². The first-order valence-electron chi connectivity index (χ1n) is 9.68. The Kier molecular flexibility index (Phi) is 11.0. The number of phenolic OH excluding ortho intramolecular Hbond substituents is 1. The lowest BCUT2D eigenvalue weighted by Crippen LogP contribution is -2.17. The summed E-state index contributed by atoms with van der Waals surface area (Å²) in [6.45, 7) is 4.28. The van der Waals surface area contributed by atoms with Gasteiger partial charge in [-0.3, -0.25) is 0 Å². The fourth-order valence-corrected chi connectivity index (χ4v) is 2.89. The lowest BCUT2D eigenvalue weighted by Gasteiger charge is -2.16. The summed E-state index contributed by atoms with van der Waals surface area (Å²) in [6.07, 6.45) is 13.3. The summed E-state index contributed by atoms with van der Waals surface area (Å²) in [6, 6.07) is 6.55. The van der Waals surface area contributed by atoms with Gasteiger partial charge in [-0.15, -0.1) is 0 Å². The van der Waals surface area contributed by atoms with Crippen molar-refractivity contribution in [2.24, 2.45) is 0 Å². The number of para-hydroxylation sites is 1. The third-order valence-electron chi connectivity index (χ3n) is 4.48. The molecule has 0 aliphatic rings. The summed E-state index contributed by atoms with van der Waals surface area (Å²) < 4.78 is 5.54. The third kappa shape index (κ3) is 8.37. The fourth-order valence-electron chi connectivity index (χ4n) is 2.89. The number of rotatable bonds is 13. The Balaban J connectivity index is 2.16. The van der Waals surface area contributed by atoms with Gasteiger partial charge in [-0.1, -0.05) is 77.3 Å². The van der Waals surface area contributed by atoms with Crippen LogP contribution in [0.2, 0.25) is 0 Å². The molecule has 0 bridgehead atoms. The molecule has 1 rings (SSSR count).